The first-order chi connectivity index (χ1) is 14.6. The standard InChI is InChI=1S/C23H37N7.HI/c1-5-24-23(26-17-22-19(2)27-28(4)20(22)3)25-11-12-29-13-15-30(16-14-29)18-21-9-7-6-8-10-21;/h6-10H,5,11-18H2,1-4H3,(H2,24,25,26);1H. The summed E-state index contributed by atoms with van der Waals surface area (Å²) in [7, 11) is 1.98. The van der Waals surface area contributed by atoms with Crippen LogP contribution in [0.2, 0.25) is 0 Å². The molecule has 0 spiro atoms. The number of benzene rings is 1. The van der Waals surface area contributed by atoms with Crippen LogP contribution in [-0.4, -0.2) is 71.4 Å². The first kappa shape index (κ1) is 25.6. The molecule has 172 valence electrons. The number of piperazine rings is 1. The number of rotatable bonds is 8. The Morgan fingerprint density at radius 3 is 2.32 bits per heavy atom. The summed E-state index contributed by atoms with van der Waals surface area (Å²) in [4.78, 5) is 9.85. The van der Waals surface area contributed by atoms with E-state index in [0.717, 1.165) is 64.0 Å². The van der Waals surface area contributed by atoms with E-state index in [9.17, 15) is 0 Å². The third-order valence-corrected chi connectivity index (χ3v) is 5.83. The maximum Gasteiger partial charge on any atom is 0.191 e. The van der Waals surface area contributed by atoms with Crippen molar-refractivity contribution in [2.45, 2.75) is 33.9 Å². The van der Waals surface area contributed by atoms with Crippen LogP contribution in [-0.2, 0) is 20.1 Å². The molecule has 0 amide bonds. The number of halogens is 1. The molecule has 2 N–H and O–H groups in total. The molecule has 0 bridgehead atoms. The van der Waals surface area contributed by atoms with Crippen molar-refractivity contribution in [3.05, 3.63) is 52.8 Å². The number of guanidine groups is 1. The van der Waals surface area contributed by atoms with Crippen LogP contribution in [0, 0.1) is 13.8 Å². The lowest BCUT2D eigenvalue weighted by Gasteiger charge is -2.34. The molecule has 3 rings (SSSR count). The number of nitrogens with one attached hydrogen (secondary N) is 2. The average molecular weight is 540 g/mol. The molecule has 0 saturated carbocycles. The lowest BCUT2D eigenvalue weighted by molar-refractivity contribution is 0.129. The zero-order valence-corrected chi connectivity index (χ0v) is 21.7. The molecule has 7 nitrogen and oxygen atoms in total. The highest BCUT2D eigenvalue weighted by Crippen LogP contribution is 2.13. The van der Waals surface area contributed by atoms with Crippen molar-refractivity contribution in [1.82, 2.24) is 30.2 Å². The molecule has 1 aliphatic heterocycles. The summed E-state index contributed by atoms with van der Waals surface area (Å²) >= 11 is 0. The highest BCUT2D eigenvalue weighted by Gasteiger charge is 2.16. The SMILES string of the molecule is CCNC(=NCc1c(C)nn(C)c1C)NCCN1CCN(Cc2ccccc2)CC1.I. The van der Waals surface area contributed by atoms with E-state index in [-0.39, 0.29) is 24.0 Å². The van der Waals surface area contributed by atoms with Gasteiger partial charge in [0.15, 0.2) is 5.96 Å². The molecule has 1 saturated heterocycles. The van der Waals surface area contributed by atoms with Crippen molar-refractivity contribution >= 4 is 29.9 Å². The maximum atomic E-state index is 4.77. The van der Waals surface area contributed by atoms with Gasteiger partial charge in [0.1, 0.15) is 0 Å². The van der Waals surface area contributed by atoms with Gasteiger partial charge in [0.2, 0.25) is 0 Å². The average Bonchev–Trinajstić information content (AvgIpc) is 2.99. The number of aliphatic imine (C=N–C) groups is 1. The molecule has 1 aromatic carbocycles. The molecule has 0 atom stereocenters. The fourth-order valence-corrected chi connectivity index (χ4v) is 3.89. The van der Waals surface area contributed by atoms with Crippen molar-refractivity contribution in [3.63, 3.8) is 0 Å². The summed E-state index contributed by atoms with van der Waals surface area (Å²) in [5.74, 6) is 0.878. The second-order valence-electron chi connectivity index (χ2n) is 8.00. The Labute approximate surface area is 204 Å². The van der Waals surface area contributed by atoms with Gasteiger partial charge in [-0.05, 0) is 26.3 Å². The van der Waals surface area contributed by atoms with Gasteiger partial charge in [0.05, 0.1) is 12.2 Å². The summed E-state index contributed by atoms with van der Waals surface area (Å²) < 4.78 is 1.93. The van der Waals surface area contributed by atoms with Crippen LogP contribution in [0.5, 0.6) is 0 Å². The minimum atomic E-state index is 0. The first-order valence-electron chi connectivity index (χ1n) is 11.1. The number of hydrogen-bond donors (Lipinski definition) is 2. The molecule has 1 aliphatic rings. The van der Waals surface area contributed by atoms with Crippen molar-refractivity contribution < 1.29 is 0 Å². The van der Waals surface area contributed by atoms with Gasteiger partial charge in [-0.3, -0.25) is 14.5 Å². The third-order valence-electron chi connectivity index (χ3n) is 5.83. The van der Waals surface area contributed by atoms with E-state index in [1.807, 2.05) is 11.7 Å². The van der Waals surface area contributed by atoms with Crippen LogP contribution in [0.15, 0.2) is 35.3 Å². The molecule has 2 aromatic rings. The molecular weight excluding hydrogens is 501 g/mol. The Hall–Kier alpha value is -1.65. The number of aryl methyl sites for hydroxylation is 2. The van der Waals surface area contributed by atoms with Crippen molar-refractivity contribution in [2.24, 2.45) is 12.0 Å². The predicted molar refractivity (Wildman–Crippen MR) is 139 cm³/mol. The molecule has 0 radical (unpaired) electrons. The number of nitrogens with zero attached hydrogens (tertiary/aromatic N) is 5. The van der Waals surface area contributed by atoms with Gasteiger partial charge in [-0.25, -0.2) is 4.99 Å². The summed E-state index contributed by atoms with van der Waals surface area (Å²) in [5.41, 5.74) is 4.85. The second kappa shape index (κ2) is 13.0. The summed E-state index contributed by atoms with van der Waals surface area (Å²) in [5, 5.41) is 11.3. The summed E-state index contributed by atoms with van der Waals surface area (Å²) in [6.45, 7) is 15.2. The quantitative estimate of drug-likeness (QED) is 0.307. The largest absolute Gasteiger partial charge is 0.357 e. The Kier molecular flexibility index (Phi) is 10.8. The monoisotopic (exact) mass is 539 g/mol. The van der Waals surface area contributed by atoms with E-state index in [0.29, 0.717) is 6.54 Å². The molecule has 1 fully saturated rings. The molecule has 2 heterocycles. The van der Waals surface area contributed by atoms with Crippen molar-refractivity contribution in [2.75, 3.05) is 45.8 Å². The van der Waals surface area contributed by atoms with Gasteiger partial charge >= 0.3 is 0 Å². The zero-order valence-electron chi connectivity index (χ0n) is 19.4. The Balaban J connectivity index is 0.00000341. The van der Waals surface area contributed by atoms with Crippen molar-refractivity contribution in [1.29, 1.82) is 0 Å². The highest BCUT2D eigenvalue weighted by molar-refractivity contribution is 14.0. The Morgan fingerprint density at radius 1 is 1.03 bits per heavy atom. The Morgan fingerprint density at radius 2 is 1.71 bits per heavy atom. The van der Waals surface area contributed by atoms with Gasteiger partial charge in [0.25, 0.3) is 0 Å². The Bertz CT molecular complexity index is 811. The van der Waals surface area contributed by atoms with Crippen LogP contribution < -0.4 is 10.6 Å². The lowest BCUT2D eigenvalue weighted by Crippen LogP contribution is -2.49. The molecule has 31 heavy (non-hydrogen) atoms. The van der Waals surface area contributed by atoms with Crippen LogP contribution in [0.4, 0.5) is 0 Å². The number of hydrogen-bond acceptors (Lipinski definition) is 4. The fourth-order valence-electron chi connectivity index (χ4n) is 3.89. The first-order valence-corrected chi connectivity index (χ1v) is 11.1. The van der Waals surface area contributed by atoms with E-state index in [4.69, 9.17) is 4.99 Å². The zero-order chi connectivity index (χ0) is 21.3. The molecular formula is C23H38IN7. The highest BCUT2D eigenvalue weighted by atomic mass is 127. The van der Waals surface area contributed by atoms with Gasteiger partial charge in [-0.15, -0.1) is 24.0 Å². The van der Waals surface area contributed by atoms with Gasteiger partial charge < -0.3 is 10.6 Å². The minimum absolute atomic E-state index is 0. The minimum Gasteiger partial charge on any atom is -0.357 e. The predicted octanol–water partition coefficient (Wildman–Crippen LogP) is 2.53. The van der Waals surface area contributed by atoms with E-state index in [2.05, 4.69) is 76.6 Å². The number of aromatic nitrogens is 2. The maximum absolute atomic E-state index is 4.77. The molecule has 1 aromatic heterocycles. The topological polar surface area (TPSA) is 60.7 Å². The van der Waals surface area contributed by atoms with E-state index in [1.54, 1.807) is 0 Å². The molecule has 8 heteroatoms. The van der Waals surface area contributed by atoms with Crippen molar-refractivity contribution in [3.8, 4) is 0 Å². The van der Waals surface area contributed by atoms with E-state index >= 15 is 0 Å². The van der Waals surface area contributed by atoms with Crippen LogP contribution in [0.25, 0.3) is 0 Å². The smallest absolute Gasteiger partial charge is 0.191 e. The summed E-state index contributed by atoms with van der Waals surface area (Å²) in [6, 6.07) is 10.8. The second-order valence-corrected chi connectivity index (χ2v) is 8.00. The molecule has 0 aliphatic carbocycles. The van der Waals surface area contributed by atoms with E-state index < -0.39 is 0 Å². The van der Waals surface area contributed by atoms with Gasteiger partial charge in [-0.1, -0.05) is 30.3 Å². The molecule has 0 unspecified atom stereocenters. The summed E-state index contributed by atoms with van der Waals surface area (Å²) in [6.07, 6.45) is 0. The van der Waals surface area contributed by atoms with Crippen LogP contribution in [0.1, 0.15) is 29.4 Å². The van der Waals surface area contributed by atoms with Crippen LogP contribution in [0.3, 0.4) is 0 Å². The third kappa shape index (κ3) is 7.76. The van der Waals surface area contributed by atoms with Gasteiger partial charge in [0, 0.05) is 70.7 Å². The van der Waals surface area contributed by atoms with Crippen LogP contribution >= 0.6 is 24.0 Å². The van der Waals surface area contributed by atoms with Gasteiger partial charge in [-0.2, -0.15) is 5.10 Å². The fraction of sp³-hybridized carbons (Fsp3) is 0.565. The van der Waals surface area contributed by atoms with E-state index in [1.165, 1.54) is 16.8 Å². The lowest BCUT2D eigenvalue weighted by atomic mass is 10.2. The normalized spacial score (nSPS) is 15.5.